The summed E-state index contributed by atoms with van der Waals surface area (Å²) in [6, 6.07) is 4.40. The molecule has 0 atom stereocenters. The van der Waals surface area contributed by atoms with E-state index in [2.05, 4.69) is 59.0 Å². The van der Waals surface area contributed by atoms with Crippen LogP contribution in [-0.4, -0.2) is 10.5 Å². The van der Waals surface area contributed by atoms with E-state index in [1.807, 2.05) is 25.5 Å². The standard InChI is InChI=1S/C27H40N2O2/c1-10-13-14-22-23(25(30)17(4)18(5)29(22)9)26(31)28-24-19(11-2)15-21(27(6,7)8)16-20(24)12-3/h15-16H,10-14H2,1-9H3,(H,28,31). The molecule has 0 saturated heterocycles. The van der Waals surface area contributed by atoms with Crippen molar-refractivity contribution in [2.24, 2.45) is 7.05 Å². The number of amides is 1. The number of nitrogens with zero attached hydrogens (tertiary/aromatic N) is 1. The van der Waals surface area contributed by atoms with Crippen molar-refractivity contribution in [2.75, 3.05) is 5.32 Å². The number of rotatable bonds is 7. The van der Waals surface area contributed by atoms with Crippen LogP contribution >= 0.6 is 0 Å². The summed E-state index contributed by atoms with van der Waals surface area (Å²) in [5, 5.41) is 3.16. The van der Waals surface area contributed by atoms with Crippen molar-refractivity contribution in [1.82, 2.24) is 4.57 Å². The third kappa shape index (κ3) is 5.11. The van der Waals surface area contributed by atoms with Crippen LogP contribution in [-0.2, 0) is 31.7 Å². The van der Waals surface area contributed by atoms with E-state index in [-0.39, 0.29) is 16.8 Å². The molecule has 0 radical (unpaired) electrons. The molecule has 2 rings (SSSR count). The Morgan fingerprint density at radius 1 is 1.03 bits per heavy atom. The number of carbonyl (C=O) groups is 1. The van der Waals surface area contributed by atoms with Crippen LogP contribution in [0.3, 0.4) is 0 Å². The predicted octanol–water partition coefficient (Wildman–Crippen LogP) is 6.02. The number of benzene rings is 1. The van der Waals surface area contributed by atoms with E-state index in [0.29, 0.717) is 11.1 Å². The highest BCUT2D eigenvalue weighted by atomic mass is 16.2. The molecule has 1 N–H and O–H groups in total. The minimum atomic E-state index is -0.289. The third-order valence-electron chi connectivity index (χ3n) is 6.47. The molecular formula is C27H40N2O2. The number of hydrogen-bond donors (Lipinski definition) is 1. The number of carbonyl (C=O) groups excluding carboxylic acids is 1. The van der Waals surface area contributed by atoms with Crippen LogP contribution < -0.4 is 10.7 Å². The molecule has 1 aromatic carbocycles. The van der Waals surface area contributed by atoms with Crippen molar-refractivity contribution in [1.29, 1.82) is 0 Å². The summed E-state index contributed by atoms with van der Waals surface area (Å²) >= 11 is 0. The number of anilines is 1. The molecule has 4 nitrogen and oxygen atoms in total. The zero-order chi connectivity index (χ0) is 23.5. The molecule has 0 aliphatic carbocycles. The maximum absolute atomic E-state index is 13.5. The Hall–Kier alpha value is -2.36. The summed E-state index contributed by atoms with van der Waals surface area (Å²) in [4.78, 5) is 26.7. The monoisotopic (exact) mass is 424 g/mol. The van der Waals surface area contributed by atoms with E-state index >= 15 is 0 Å². The molecule has 31 heavy (non-hydrogen) atoms. The molecule has 4 heteroatoms. The Bertz CT molecular complexity index is 998. The van der Waals surface area contributed by atoms with Crippen molar-refractivity contribution in [3.8, 4) is 0 Å². The van der Waals surface area contributed by atoms with E-state index in [0.717, 1.165) is 60.3 Å². The van der Waals surface area contributed by atoms with Gasteiger partial charge in [-0.1, -0.05) is 60.1 Å². The number of pyridine rings is 1. The normalized spacial score (nSPS) is 11.6. The number of aromatic nitrogens is 1. The highest BCUT2D eigenvalue weighted by molar-refractivity contribution is 6.06. The lowest BCUT2D eigenvalue weighted by Crippen LogP contribution is -2.30. The predicted molar refractivity (Wildman–Crippen MR) is 132 cm³/mol. The SMILES string of the molecule is CCCCc1c(C(=O)Nc2c(CC)cc(C(C)(C)C)cc2CC)c(=O)c(C)c(C)n1C. The second kappa shape index (κ2) is 9.84. The molecule has 0 unspecified atom stereocenters. The molecule has 0 saturated carbocycles. The first-order valence-electron chi connectivity index (χ1n) is 11.6. The van der Waals surface area contributed by atoms with Crippen LogP contribution in [0.5, 0.6) is 0 Å². The summed E-state index contributed by atoms with van der Waals surface area (Å²) in [7, 11) is 1.95. The van der Waals surface area contributed by atoms with Crippen molar-refractivity contribution in [2.45, 2.75) is 92.9 Å². The first-order chi connectivity index (χ1) is 14.5. The summed E-state index contributed by atoms with van der Waals surface area (Å²) in [5.74, 6) is -0.289. The largest absolute Gasteiger partial charge is 0.351 e. The van der Waals surface area contributed by atoms with Gasteiger partial charge in [-0.2, -0.15) is 0 Å². The Labute approximate surface area is 188 Å². The molecule has 0 aliphatic heterocycles. The highest BCUT2D eigenvalue weighted by Gasteiger charge is 2.24. The van der Waals surface area contributed by atoms with Gasteiger partial charge in [0.1, 0.15) is 5.56 Å². The van der Waals surface area contributed by atoms with Crippen LogP contribution in [0.15, 0.2) is 16.9 Å². The fourth-order valence-electron chi connectivity index (χ4n) is 4.07. The van der Waals surface area contributed by atoms with E-state index in [4.69, 9.17) is 0 Å². The lowest BCUT2D eigenvalue weighted by atomic mass is 9.83. The molecule has 0 aliphatic rings. The van der Waals surface area contributed by atoms with Gasteiger partial charge in [0.15, 0.2) is 5.43 Å². The smallest absolute Gasteiger partial charge is 0.261 e. The van der Waals surface area contributed by atoms with Crippen molar-refractivity contribution in [3.05, 3.63) is 61.6 Å². The van der Waals surface area contributed by atoms with E-state index in [1.165, 1.54) is 5.56 Å². The minimum absolute atomic E-state index is 0.0354. The lowest BCUT2D eigenvalue weighted by Gasteiger charge is -2.24. The van der Waals surface area contributed by atoms with Gasteiger partial charge in [0, 0.05) is 29.7 Å². The van der Waals surface area contributed by atoms with E-state index in [1.54, 1.807) is 0 Å². The summed E-state index contributed by atoms with van der Waals surface area (Å²) < 4.78 is 2.02. The van der Waals surface area contributed by atoms with Crippen molar-refractivity contribution < 1.29 is 4.79 Å². The first kappa shape index (κ1) is 24.9. The molecule has 0 spiro atoms. The van der Waals surface area contributed by atoms with Gasteiger partial charge >= 0.3 is 0 Å². The van der Waals surface area contributed by atoms with Crippen molar-refractivity contribution >= 4 is 11.6 Å². The molecule has 0 bridgehead atoms. The molecule has 1 heterocycles. The first-order valence-corrected chi connectivity index (χ1v) is 11.6. The number of hydrogen-bond acceptors (Lipinski definition) is 2. The Morgan fingerprint density at radius 3 is 2.03 bits per heavy atom. The average Bonchev–Trinajstić information content (AvgIpc) is 2.72. The minimum Gasteiger partial charge on any atom is -0.351 e. The van der Waals surface area contributed by atoms with Gasteiger partial charge in [0.05, 0.1) is 0 Å². The van der Waals surface area contributed by atoms with Crippen LogP contribution in [0.1, 0.15) is 98.4 Å². The zero-order valence-electron chi connectivity index (χ0n) is 21.0. The van der Waals surface area contributed by atoms with Gasteiger partial charge in [-0.15, -0.1) is 0 Å². The topological polar surface area (TPSA) is 51.1 Å². The van der Waals surface area contributed by atoms with Crippen LogP contribution in [0.4, 0.5) is 5.69 Å². The van der Waals surface area contributed by atoms with Gasteiger partial charge in [-0.25, -0.2) is 0 Å². The second-order valence-corrected chi connectivity index (χ2v) is 9.60. The summed E-state index contributed by atoms with van der Waals surface area (Å²) in [6.45, 7) is 16.7. The zero-order valence-corrected chi connectivity index (χ0v) is 21.0. The Kier molecular flexibility index (Phi) is 7.91. The quantitative estimate of drug-likeness (QED) is 0.591. The molecule has 1 aromatic heterocycles. The maximum atomic E-state index is 13.5. The molecule has 2 aromatic rings. The molecule has 1 amide bonds. The van der Waals surface area contributed by atoms with Gasteiger partial charge in [-0.3, -0.25) is 9.59 Å². The summed E-state index contributed by atoms with van der Waals surface area (Å²) in [5.41, 5.74) is 6.94. The van der Waals surface area contributed by atoms with Gasteiger partial charge in [0.25, 0.3) is 5.91 Å². The second-order valence-electron chi connectivity index (χ2n) is 9.60. The third-order valence-corrected chi connectivity index (χ3v) is 6.47. The van der Waals surface area contributed by atoms with Crippen LogP contribution in [0, 0.1) is 13.8 Å². The molecular weight excluding hydrogens is 384 g/mol. The van der Waals surface area contributed by atoms with Crippen LogP contribution in [0.2, 0.25) is 0 Å². The molecule has 170 valence electrons. The summed E-state index contributed by atoms with van der Waals surface area (Å²) in [6.07, 6.45) is 4.31. The van der Waals surface area contributed by atoms with E-state index in [9.17, 15) is 9.59 Å². The van der Waals surface area contributed by atoms with Gasteiger partial charge in [0.2, 0.25) is 0 Å². The van der Waals surface area contributed by atoms with Crippen LogP contribution in [0.25, 0.3) is 0 Å². The highest BCUT2D eigenvalue weighted by Crippen LogP contribution is 2.31. The number of unbranched alkanes of at least 4 members (excludes halogenated alkanes) is 1. The number of aryl methyl sites for hydroxylation is 2. The fraction of sp³-hybridized carbons (Fsp3) is 0.556. The van der Waals surface area contributed by atoms with E-state index < -0.39 is 0 Å². The Balaban J connectivity index is 2.64. The van der Waals surface area contributed by atoms with Gasteiger partial charge in [-0.05, 0) is 61.6 Å². The van der Waals surface area contributed by atoms with Gasteiger partial charge < -0.3 is 9.88 Å². The maximum Gasteiger partial charge on any atom is 0.261 e. The fourth-order valence-corrected chi connectivity index (χ4v) is 4.07. The Morgan fingerprint density at radius 2 is 1.58 bits per heavy atom. The molecule has 0 fully saturated rings. The average molecular weight is 425 g/mol. The lowest BCUT2D eigenvalue weighted by molar-refractivity contribution is 0.102. The van der Waals surface area contributed by atoms with Crippen molar-refractivity contribution in [3.63, 3.8) is 0 Å². The number of nitrogens with one attached hydrogen (secondary N) is 1.